The highest BCUT2D eigenvalue weighted by molar-refractivity contribution is 5.49. The van der Waals surface area contributed by atoms with E-state index in [0.29, 0.717) is 23.8 Å². The fraction of sp³-hybridized carbons (Fsp3) is 0.750. The Kier molecular flexibility index (Phi) is 13.1. The summed E-state index contributed by atoms with van der Waals surface area (Å²) in [4.78, 5) is 0.363. The maximum Gasteiger partial charge on any atom is 0.389 e. The summed E-state index contributed by atoms with van der Waals surface area (Å²) in [5, 5.41) is 0. The summed E-state index contributed by atoms with van der Waals surface area (Å²) in [7, 11) is 0. The lowest BCUT2D eigenvalue weighted by atomic mass is 10.1. The molecule has 0 aliphatic carbocycles. The van der Waals surface area contributed by atoms with Crippen LogP contribution in [0.15, 0.2) is 18.2 Å². The second-order valence-corrected chi connectivity index (χ2v) is 8.49. The maximum absolute atomic E-state index is 15.0. The van der Waals surface area contributed by atoms with E-state index in [1.807, 2.05) is 0 Å². The number of hydrogen-bond acceptors (Lipinski definition) is 1. The van der Waals surface area contributed by atoms with Crippen LogP contribution in [0.3, 0.4) is 0 Å². The molecular weight excluding hydrogens is 454 g/mol. The third-order valence-corrected chi connectivity index (χ3v) is 5.59. The van der Waals surface area contributed by atoms with E-state index < -0.39 is 48.6 Å². The van der Waals surface area contributed by atoms with Crippen LogP contribution < -0.4 is 4.90 Å². The first-order valence-corrected chi connectivity index (χ1v) is 11.8. The van der Waals surface area contributed by atoms with E-state index in [0.717, 1.165) is 44.2 Å². The lowest BCUT2D eigenvalue weighted by Gasteiger charge is -2.35. The van der Waals surface area contributed by atoms with Crippen LogP contribution in [-0.4, -0.2) is 24.9 Å². The fourth-order valence-electron chi connectivity index (χ4n) is 3.70. The number of halogens is 8. The Morgan fingerprint density at radius 3 is 1.97 bits per heavy atom. The zero-order chi connectivity index (χ0) is 24.9. The Balaban J connectivity index is 2.70. The average molecular weight is 490 g/mol. The zero-order valence-electron chi connectivity index (χ0n) is 19.2. The molecule has 0 N–H and O–H groups in total. The van der Waals surface area contributed by atoms with Crippen LogP contribution in [-0.2, 0) is 0 Å². The third kappa shape index (κ3) is 11.4. The monoisotopic (exact) mass is 489 g/mol. The van der Waals surface area contributed by atoms with Gasteiger partial charge in [0.25, 0.3) is 0 Å². The first kappa shape index (κ1) is 29.5. The van der Waals surface area contributed by atoms with Crippen molar-refractivity contribution in [2.75, 3.05) is 11.4 Å². The third-order valence-electron chi connectivity index (χ3n) is 5.59. The molecule has 0 aliphatic heterocycles. The molecule has 1 rings (SSSR count). The van der Waals surface area contributed by atoms with Gasteiger partial charge >= 0.3 is 12.2 Å². The maximum atomic E-state index is 15.0. The number of rotatable bonds is 17. The van der Waals surface area contributed by atoms with Gasteiger partial charge in [-0.25, -0.2) is 13.2 Å². The first-order chi connectivity index (χ1) is 15.5. The van der Waals surface area contributed by atoms with E-state index >= 15 is 0 Å². The molecule has 0 aliphatic rings. The van der Waals surface area contributed by atoms with E-state index in [1.54, 1.807) is 0 Å². The van der Waals surface area contributed by atoms with Crippen molar-refractivity contribution in [1.82, 2.24) is 0 Å². The van der Waals surface area contributed by atoms with Crippen molar-refractivity contribution >= 4 is 5.69 Å². The predicted octanol–water partition coefficient (Wildman–Crippen LogP) is 9.36. The normalized spacial score (nSPS) is 13.4. The molecule has 0 bridgehead atoms. The molecule has 0 aromatic heterocycles. The summed E-state index contributed by atoms with van der Waals surface area (Å²) >= 11 is 0. The van der Waals surface area contributed by atoms with Gasteiger partial charge in [0.1, 0.15) is 11.6 Å². The SMILES string of the molecule is CCCCCCCCCN(c1ccc(F)cc1F)C(F)(F)C(F)CCCCCCC(F)(F)F. The minimum atomic E-state index is -4.27. The molecule has 0 radical (unpaired) electrons. The number of anilines is 1. The Hall–Kier alpha value is -1.54. The Labute approximate surface area is 191 Å². The van der Waals surface area contributed by atoms with E-state index in [9.17, 15) is 35.1 Å². The van der Waals surface area contributed by atoms with Crippen LogP contribution in [0.2, 0.25) is 0 Å². The second-order valence-electron chi connectivity index (χ2n) is 8.49. The first-order valence-electron chi connectivity index (χ1n) is 11.8. The van der Waals surface area contributed by atoms with Crippen molar-refractivity contribution < 1.29 is 35.1 Å². The summed E-state index contributed by atoms with van der Waals surface area (Å²) in [6.07, 6.45) is -2.33. The summed E-state index contributed by atoms with van der Waals surface area (Å²) in [5.74, 6) is -2.12. The van der Waals surface area contributed by atoms with Crippen LogP contribution >= 0.6 is 0 Å². The van der Waals surface area contributed by atoms with Gasteiger partial charge in [-0.2, -0.15) is 22.0 Å². The zero-order valence-corrected chi connectivity index (χ0v) is 19.2. The summed E-state index contributed by atoms with van der Waals surface area (Å²) < 4.78 is 109. The quantitative estimate of drug-likeness (QED) is 0.120. The van der Waals surface area contributed by atoms with Gasteiger partial charge in [-0.3, -0.25) is 0 Å². The second kappa shape index (κ2) is 14.7. The summed E-state index contributed by atoms with van der Waals surface area (Å²) in [6, 6.07) is -1.83. The molecule has 1 unspecified atom stereocenters. The average Bonchev–Trinajstić information content (AvgIpc) is 2.72. The smallest absolute Gasteiger partial charge is 0.308 e. The Morgan fingerprint density at radius 1 is 0.788 bits per heavy atom. The largest absolute Gasteiger partial charge is 0.389 e. The fourth-order valence-corrected chi connectivity index (χ4v) is 3.70. The predicted molar refractivity (Wildman–Crippen MR) is 115 cm³/mol. The van der Waals surface area contributed by atoms with Crippen molar-refractivity contribution in [3.8, 4) is 0 Å². The van der Waals surface area contributed by atoms with Gasteiger partial charge < -0.3 is 4.90 Å². The molecule has 33 heavy (non-hydrogen) atoms. The van der Waals surface area contributed by atoms with Gasteiger partial charge in [0, 0.05) is 19.0 Å². The molecule has 9 heteroatoms. The standard InChI is InChI=1S/C24H35F8N/c1-2-3-4-5-6-9-12-17-33(21-15-14-19(25)18-20(21)26)24(31,32)22(27)13-10-7-8-11-16-23(28,29)30/h14-15,18,22H,2-13,16-17H2,1H3. The molecule has 192 valence electrons. The summed E-state index contributed by atoms with van der Waals surface area (Å²) in [5.41, 5.74) is -0.569. The van der Waals surface area contributed by atoms with Crippen LogP contribution in [0, 0.1) is 11.6 Å². The van der Waals surface area contributed by atoms with Gasteiger partial charge in [0.2, 0.25) is 0 Å². The molecule has 0 saturated heterocycles. The molecule has 1 aromatic carbocycles. The van der Waals surface area contributed by atoms with Crippen LogP contribution in [0.5, 0.6) is 0 Å². The van der Waals surface area contributed by atoms with Crippen molar-refractivity contribution in [1.29, 1.82) is 0 Å². The molecule has 0 fully saturated rings. The number of hydrogen-bond donors (Lipinski definition) is 0. The molecule has 0 amide bonds. The minimum absolute atomic E-state index is 0.00815. The van der Waals surface area contributed by atoms with E-state index in [1.165, 1.54) is 0 Å². The Bertz CT molecular complexity index is 662. The van der Waals surface area contributed by atoms with Gasteiger partial charge in [-0.15, -0.1) is 0 Å². The number of unbranched alkanes of at least 4 members (excludes halogenated alkanes) is 9. The molecule has 0 heterocycles. The lowest BCUT2D eigenvalue weighted by molar-refractivity contribution is -0.135. The molecular formula is C24H35F8N. The van der Waals surface area contributed by atoms with Gasteiger partial charge in [-0.1, -0.05) is 64.7 Å². The van der Waals surface area contributed by atoms with E-state index in [2.05, 4.69) is 6.92 Å². The highest BCUT2D eigenvalue weighted by atomic mass is 19.4. The van der Waals surface area contributed by atoms with Gasteiger partial charge in [0.05, 0.1) is 5.69 Å². The topological polar surface area (TPSA) is 3.24 Å². The minimum Gasteiger partial charge on any atom is -0.308 e. The number of alkyl halides is 6. The number of benzene rings is 1. The van der Waals surface area contributed by atoms with E-state index in [4.69, 9.17) is 0 Å². The van der Waals surface area contributed by atoms with Crippen molar-refractivity contribution in [2.45, 2.75) is 109 Å². The number of nitrogens with zero attached hydrogens (tertiary/aromatic N) is 1. The van der Waals surface area contributed by atoms with Crippen molar-refractivity contribution in [2.24, 2.45) is 0 Å². The Morgan fingerprint density at radius 2 is 1.36 bits per heavy atom. The highest BCUT2D eigenvalue weighted by Gasteiger charge is 2.46. The molecule has 0 spiro atoms. The lowest BCUT2D eigenvalue weighted by Crippen LogP contribution is -2.49. The van der Waals surface area contributed by atoms with Gasteiger partial charge in [-0.05, 0) is 31.4 Å². The van der Waals surface area contributed by atoms with Crippen LogP contribution in [0.4, 0.5) is 40.8 Å². The van der Waals surface area contributed by atoms with Crippen LogP contribution in [0.25, 0.3) is 0 Å². The summed E-state index contributed by atoms with van der Waals surface area (Å²) in [6.45, 7) is 1.78. The van der Waals surface area contributed by atoms with Crippen LogP contribution in [0.1, 0.15) is 90.4 Å². The van der Waals surface area contributed by atoms with Gasteiger partial charge in [0.15, 0.2) is 6.17 Å². The molecule has 1 atom stereocenters. The molecule has 1 aromatic rings. The van der Waals surface area contributed by atoms with Crippen molar-refractivity contribution in [3.05, 3.63) is 29.8 Å². The van der Waals surface area contributed by atoms with E-state index in [-0.39, 0.29) is 32.2 Å². The highest BCUT2D eigenvalue weighted by Crippen LogP contribution is 2.36. The molecule has 1 nitrogen and oxygen atoms in total. The molecule has 0 saturated carbocycles. The van der Waals surface area contributed by atoms with Crippen molar-refractivity contribution in [3.63, 3.8) is 0 Å².